The number of hydrogen-bond donors (Lipinski definition) is 3. The van der Waals surface area contributed by atoms with E-state index in [1.54, 1.807) is 6.92 Å². The molecule has 0 bridgehead atoms. The Morgan fingerprint density at radius 2 is 1.51 bits per heavy atom. The maximum Gasteiger partial charge on any atom is 0.407 e. The average Bonchev–Trinajstić information content (AvgIpc) is 3.16. The minimum Gasteiger partial charge on any atom is -0.478 e. The molecule has 0 spiro atoms. The van der Waals surface area contributed by atoms with Crippen LogP contribution in [0.1, 0.15) is 40.7 Å². The lowest BCUT2D eigenvalue weighted by Crippen LogP contribution is -2.44. The van der Waals surface area contributed by atoms with Gasteiger partial charge in [-0.25, -0.2) is 9.59 Å². The molecule has 1 atom stereocenters. The van der Waals surface area contributed by atoms with Gasteiger partial charge >= 0.3 is 12.1 Å². The third kappa shape index (κ3) is 5.11. The van der Waals surface area contributed by atoms with Crippen LogP contribution in [0, 0.1) is 0 Å². The van der Waals surface area contributed by atoms with Gasteiger partial charge in [0.15, 0.2) is 0 Å². The SMILES string of the molecule is CC[C@@H](NC(=O)OCC1c2ccccc2-c2ccccc21)C(=O)Nc1c(Cl)cc(C(=O)O)cc1Cl. The maximum absolute atomic E-state index is 12.8. The molecule has 3 N–H and O–H groups in total. The van der Waals surface area contributed by atoms with E-state index >= 15 is 0 Å². The minimum atomic E-state index is -1.20. The number of amides is 2. The number of halogens is 2. The normalized spacial score (nSPS) is 12.9. The zero-order chi connectivity index (χ0) is 25.1. The number of carbonyl (C=O) groups is 3. The summed E-state index contributed by atoms with van der Waals surface area (Å²) >= 11 is 12.2. The Hall–Kier alpha value is -3.55. The summed E-state index contributed by atoms with van der Waals surface area (Å²) in [6, 6.07) is 17.4. The molecule has 0 radical (unpaired) electrons. The van der Waals surface area contributed by atoms with Crippen molar-refractivity contribution in [1.29, 1.82) is 0 Å². The van der Waals surface area contributed by atoms with E-state index in [1.807, 2.05) is 48.5 Å². The fourth-order valence-electron chi connectivity index (χ4n) is 4.16. The van der Waals surface area contributed by atoms with Crippen molar-refractivity contribution in [2.45, 2.75) is 25.3 Å². The van der Waals surface area contributed by atoms with Gasteiger partial charge in [0.25, 0.3) is 0 Å². The van der Waals surface area contributed by atoms with E-state index in [4.69, 9.17) is 33.0 Å². The quantitative estimate of drug-likeness (QED) is 0.362. The maximum atomic E-state index is 12.8. The Morgan fingerprint density at radius 3 is 2.03 bits per heavy atom. The number of ether oxygens (including phenoxy) is 1. The van der Waals surface area contributed by atoms with Gasteiger partial charge in [0.1, 0.15) is 12.6 Å². The first kappa shape index (κ1) is 24.6. The van der Waals surface area contributed by atoms with Crippen LogP contribution in [0.2, 0.25) is 10.0 Å². The second-order valence-electron chi connectivity index (χ2n) is 8.04. The van der Waals surface area contributed by atoms with Gasteiger partial charge in [0, 0.05) is 5.92 Å². The Kier molecular flexibility index (Phi) is 7.28. The zero-order valence-corrected chi connectivity index (χ0v) is 20.2. The highest BCUT2D eigenvalue weighted by molar-refractivity contribution is 6.40. The van der Waals surface area contributed by atoms with Gasteiger partial charge in [-0.2, -0.15) is 0 Å². The largest absolute Gasteiger partial charge is 0.478 e. The molecule has 35 heavy (non-hydrogen) atoms. The molecule has 0 unspecified atom stereocenters. The lowest BCUT2D eigenvalue weighted by Gasteiger charge is -2.19. The summed E-state index contributed by atoms with van der Waals surface area (Å²) in [7, 11) is 0. The summed E-state index contributed by atoms with van der Waals surface area (Å²) in [6.07, 6.45) is -0.453. The number of rotatable bonds is 7. The fourth-order valence-corrected chi connectivity index (χ4v) is 4.74. The van der Waals surface area contributed by atoms with Crippen LogP contribution in [-0.2, 0) is 9.53 Å². The summed E-state index contributed by atoms with van der Waals surface area (Å²) in [5, 5.41) is 14.2. The Labute approximate surface area is 212 Å². The number of carboxylic acids is 1. The topological polar surface area (TPSA) is 105 Å². The summed E-state index contributed by atoms with van der Waals surface area (Å²) in [6.45, 7) is 1.84. The highest BCUT2D eigenvalue weighted by atomic mass is 35.5. The van der Waals surface area contributed by atoms with Crippen molar-refractivity contribution < 1.29 is 24.2 Å². The van der Waals surface area contributed by atoms with E-state index in [9.17, 15) is 14.4 Å². The van der Waals surface area contributed by atoms with Crippen LogP contribution in [0.3, 0.4) is 0 Å². The number of nitrogens with one attached hydrogen (secondary N) is 2. The van der Waals surface area contributed by atoms with Gasteiger partial charge < -0.3 is 20.5 Å². The van der Waals surface area contributed by atoms with Gasteiger partial charge in [-0.1, -0.05) is 78.7 Å². The Balaban J connectivity index is 1.41. The molecule has 0 heterocycles. The average molecular weight is 513 g/mol. The van der Waals surface area contributed by atoms with Crippen LogP contribution >= 0.6 is 23.2 Å². The number of hydrogen-bond acceptors (Lipinski definition) is 4. The number of benzene rings is 3. The van der Waals surface area contributed by atoms with Crippen LogP contribution in [-0.4, -0.2) is 35.7 Å². The van der Waals surface area contributed by atoms with E-state index in [2.05, 4.69) is 10.6 Å². The molecule has 1 aliphatic carbocycles. The first-order valence-corrected chi connectivity index (χ1v) is 11.7. The molecule has 0 aromatic heterocycles. The van der Waals surface area contributed by atoms with E-state index in [1.165, 1.54) is 12.1 Å². The van der Waals surface area contributed by atoms with Gasteiger partial charge in [0.05, 0.1) is 21.3 Å². The number of carbonyl (C=O) groups excluding carboxylic acids is 2. The summed E-state index contributed by atoms with van der Waals surface area (Å²) in [5.74, 6) is -1.87. The molecule has 7 nitrogen and oxygen atoms in total. The first-order valence-electron chi connectivity index (χ1n) is 10.9. The van der Waals surface area contributed by atoms with Crippen LogP contribution in [0.4, 0.5) is 10.5 Å². The monoisotopic (exact) mass is 512 g/mol. The summed E-state index contributed by atoms with van der Waals surface area (Å²) in [5.41, 5.74) is 4.36. The lowest BCUT2D eigenvalue weighted by atomic mass is 9.98. The van der Waals surface area contributed by atoms with Crippen molar-refractivity contribution in [2.24, 2.45) is 0 Å². The van der Waals surface area contributed by atoms with Crippen LogP contribution < -0.4 is 10.6 Å². The minimum absolute atomic E-state index is 0.0285. The predicted molar refractivity (Wildman–Crippen MR) is 134 cm³/mol. The summed E-state index contributed by atoms with van der Waals surface area (Å²) < 4.78 is 5.51. The predicted octanol–water partition coefficient (Wildman–Crippen LogP) is 5.95. The van der Waals surface area contributed by atoms with Crippen molar-refractivity contribution in [3.05, 3.63) is 87.4 Å². The molecule has 1 aliphatic rings. The highest BCUT2D eigenvalue weighted by Crippen LogP contribution is 2.44. The standard InChI is InChI=1S/C26H22Cl2N2O5/c1-2-22(24(31)30-23-20(27)11-14(25(32)33)12-21(23)28)29-26(34)35-13-19-17-9-5-3-7-15(17)16-8-4-6-10-18(16)19/h3-12,19,22H,2,13H2,1H3,(H,29,34)(H,30,31)(H,32,33)/t22-/m1/s1. The van der Waals surface area contributed by atoms with Crippen LogP contribution in [0.5, 0.6) is 0 Å². The zero-order valence-electron chi connectivity index (χ0n) is 18.7. The van der Waals surface area contributed by atoms with Gasteiger partial charge in [-0.05, 0) is 40.8 Å². The van der Waals surface area contributed by atoms with E-state index in [0.29, 0.717) is 0 Å². The molecule has 4 rings (SSSR count). The second kappa shape index (κ2) is 10.4. The third-order valence-corrected chi connectivity index (χ3v) is 6.49. The number of fused-ring (bicyclic) bond motifs is 3. The molecule has 0 saturated carbocycles. The van der Waals surface area contributed by atoms with Crippen LogP contribution in [0.25, 0.3) is 11.1 Å². The first-order chi connectivity index (χ1) is 16.8. The molecule has 2 amide bonds. The molecule has 9 heteroatoms. The highest BCUT2D eigenvalue weighted by Gasteiger charge is 2.29. The van der Waals surface area contributed by atoms with Gasteiger partial charge in [-0.3, -0.25) is 4.79 Å². The van der Waals surface area contributed by atoms with E-state index in [0.717, 1.165) is 22.3 Å². The fraction of sp³-hybridized carbons (Fsp3) is 0.192. The van der Waals surface area contributed by atoms with E-state index < -0.39 is 24.0 Å². The molecule has 3 aromatic carbocycles. The molecular formula is C26H22Cl2N2O5. The van der Waals surface area contributed by atoms with E-state index in [-0.39, 0.29) is 40.2 Å². The molecule has 3 aromatic rings. The lowest BCUT2D eigenvalue weighted by molar-refractivity contribution is -0.118. The Morgan fingerprint density at radius 1 is 0.971 bits per heavy atom. The molecule has 0 aliphatic heterocycles. The number of carboxylic acid groups (broad SMARTS) is 1. The molecule has 0 saturated heterocycles. The van der Waals surface area contributed by atoms with Crippen molar-refractivity contribution in [1.82, 2.24) is 5.32 Å². The smallest absolute Gasteiger partial charge is 0.407 e. The van der Waals surface area contributed by atoms with Crippen molar-refractivity contribution in [3.8, 4) is 11.1 Å². The molecule has 0 fully saturated rings. The number of aromatic carboxylic acids is 1. The third-order valence-electron chi connectivity index (χ3n) is 5.90. The van der Waals surface area contributed by atoms with Crippen LogP contribution in [0.15, 0.2) is 60.7 Å². The summed E-state index contributed by atoms with van der Waals surface area (Å²) in [4.78, 5) is 36.5. The molecular weight excluding hydrogens is 491 g/mol. The molecule has 180 valence electrons. The second-order valence-corrected chi connectivity index (χ2v) is 8.85. The Bertz CT molecular complexity index is 1240. The van der Waals surface area contributed by atoms with Gasteiger partial charge in [0.2, 0.25) is 5.91 Å². The number of anilines is 1. The van der Waals surface area contributed by atoms with Crippen molar-refractivity contribution in [3.63, 3.8) is 0 Å². The number of alkyl carbamates (subject to hydrolysis) is 1. The van der Waals surface area contributed by atoms with Crippen molar-refractivity contribution >= 4 is 46.9 Å². The van der Waals surface area contributed by atoms with Gasteiger partial charge in [-0.15, -0.1) is 0 Å². The van der Waals surface area contributed by atoms with Crippen molar-refractivity contribution in [2.75, 3.05) is 11.9 Å².